The van der Waals surface area contributed by atoms with E-state index >= 15 is 0 Å². The first-order valence-electron chi connectivity index (χ1n) is 9.81. The van der Waals surface area contributed by atoms with Gasteiger partial charge in [0.1, 0.15) is 17.6 Å². The highest BCUT2D eigenvalue weighted by Crippen LogP contribution is 2.38. The second-order valence-electron chi connectivity index (χ2n) is 7.06. The van der Waals surface area contributed by atoms with Crippen LogP contribution in [0.2, 0.25) is 0 Å². The predicted octanol–water partition coefficient (Wildman–Crippen LogP) is 4.42. The van der Waals surface area contributed by atoms with Gasteiger partial charge >= 0.3 is 0 Å². The Morgan fingerprint density at radius 1 is 0.935 bits per heavy atom. The predicted molar refractivity (Wildman–Crippen MR) is 117 cm³/mol. The summed E-state index contributed by atoms with van der Waals surface area (Å²) in [5.41, 5.74) is 2.94. The first kappa shape index (κ1) is 21.9. The van der Waals surface area contributed by atoms with Gasteiger partial charge in [0.05, 0.1) is 38.7 Å². The number of aromatic nitrogens is 2. The Labute approximate surface area is 182 Å². The molecule has 3 rings (SSSR count). The van der Waals surface area contributed by atoms with Crippen molar-refractivity contribution in [3.63, 3.8) is 0 Å². The highest BCUT2D eigenvalue weighted by molar-refractivity contribution is 5.64. The third-order valence-corrected chi connectivity index (χ3v) is 4.55. The molecule has 0 radical (unpaired) electrons. The van der Waals surface area contributed by atoms with Crippen molar-refractivity contribution in [2.24, 2.45) is 0 Å². The van der Waals surface area contributed by atoms with Crippen LogP contribution in [-0.4, -0.2) is 37.4 Å². The van der Waals surface area contributed by atoms with Crippen molar-refractivity contribution in [2.75, 3.05) is 21.3 Å². The number of nitriles is 1. The Balaban J connectivity index is 1.92. The molecule has 1 heterocycles. The van der Waals surface area contributed by atoms with Crippen molar-refractivity contribution in [3.8, 4) is 40.3 Å². The van der Waals surface area contributed by atoms with Gasteiger partial charge in [0.25, 0.3) is 0 Å². The Kier molecular flexibility index (Phi) is 6.93. The van der Waals surface area contributed by atoms with Crippen molar-refractivity contribution in [2.45, 2.75) is 26.4 Å². The molecule has 0 saturated carbocycles. The molecule has 7 nitrogen and oxygen atoms in total. The summed E-state index contributed by atoms with van der Waals surface area (Å²) in [7, 11) is 4.73. The Hall–Kier alpha value is -3.79. The largest absolute Gasteiger partial charge is 0.493 e. The summed E-state index contributed by atoms with van der Waals surface area (Å²) in [5, 5.41) is 9.50. The average Bonchev–Trinajstić information content (AvgIpc) is 2.78. The quantitative estimate of drug-likeness (QED) is 0.534. The molecule has 0 aliphatic carbocycles. The zero-order valence-electron chi connectivity index (χ0n) is 18.3. The minimum absolute atomic E-state index is 0.0120. The third kappa shape index (κ3) is 5.04. The molecule has 0 N–H and O–H groups in total. The molecule has 31 heavy (non-hydrogen) atoms. The van der Waals surface area contributed by atoms with E-state index in [1.807, 2.05) is 38.1 Å². The van der Waals surface area contributed by atoms with Crippen molar-refractivity contribution >= 4 is 0 Å². The molecule has 0 spiro atoms. The lowest BCUT2D eigenvalue weighted by Gasteiger charge is -2.14. The molecule has 0 unspecified atom stereocenters. The first-order valence-corrected chi connectivity index (χ1v) is 9.81. The van der Waals surface area contributed by atoms with Crippen molar-refractivity contribution in [1.29, 1.82) is 5.26 Å². The van der Waals surface area contributed by atoms with Crippen molar-refractivity contribution in [1.82, 2.24) is 9.97 Å². The standard InChI is InChI=1S/C24H25N3O4/c1-15(2)31-20-7-6-17(13-18(20)14-25)19-8-9-26-23(27-19)12-16-10-21(28-3)24(30-5)22(11-16)29-4/h6-11,13,15H,12H2,1-5H3. The lowest BCUT2D eigenvalue weighted by Crippen LogP contribution is -2.06. The molecule has 0 atom stereocenters. The second-order valence-corrected chi connectivity index (χ2v) is 7.06. The number of rotatable bonds is 8. The molecule has 3 aromatic rings. The monoisotopic (exact) mass is 419 g/mol. The summed E-state index contributed by atoms with van der Waals surface area (Å²) in [6.45, 7) is 3.85. The number of hydrogen-bond acceptors (Lipinski definition) is 7. The van der Waals surface area contributed by atoms with Gasteiger partial charge in [-0.25, -0.2) is 9.97 Å². The highest BCUT2D eigenvalue weighted by Gasteiger charge is 2.15. The van der Waals surface area contributed by atoms with Crippen LogP contribution in [0.5, 0.6) is 23.0 Å². The highest BCUT2D eigenvalue weighted by atomic mass is 16.5. The van der Waals surface area contributed by atoms with Gasteiger partial charge in [-0.1, -0.05) is 0 Å². The molecule has 0 saturated heterocycles. The maximum absolute atomic E-state index is 9.50. The number of methoxy groups -OCH3 is 3. The van der Waals surface area contributed by atoms with E-state index in [1.165, 1.54) is 0 Å². The van der Waals surface area contributed by atoms with Gasteiger partial charge in [-0.15, -0.1) is 0 Å². The van der Waals surface area contributed by atoms with E-state index in [1.54, 1.807) is 39.7 Å². The number of benzene rings is 2. The smallest absolute Gasteiger partial charge is 0.203 e. The van der Waals surface area contributed by atoms with E-state index in [4.69, 9.17) is 18.9 Å². The minimum atomic E-state index is -0.0120. The average molecular weight is 419 g/mol. The number of ether oxygens (including phenoxy) is 4. The molecule has 7 heteroatoms. The molecule has 1 aromatic heterocycles. The molecule has 160 valence electrons. The molecule has 2 aromatic carbocycles. The van der Waals surface area contributed by atoms with Gasteiger partial charge in [-0.2, -0.15) is 5.26 Å². The van der Waals surface area contributed by atoms with Crippen LogP contribution >= 0.6 is 0 Å². The first-order chi connectivity index (χ1) is 15.0. The molecule has 0 aliphatic rings. The lowest BCUT2D eigenvalue weighted by molar-refractivity contribution is 0.242. The van der Waals surface area contributed by atoms with E-state index < -0.39 is 0 Å². The maximum Gasteiger partial charge on any atom is 0.203 e. The molecular formula is C24H25N3O4. The van der Waals surface area contributed by atoms with Crippen molar-refractivity contribution < 1.29 is 18.9 Å². The minimum Gasteiger partial charge on any atom is -0.493 e. The van der Waals surface area contributed by atoms with Gasteiger partial charge in [0, 0.05) is 18.2 Å². The summed E-state index contributed by atoms with van der Waals surface area (Å²) < 4.78 is 21.9. The van der Waals surface area contributed by atoms with Crippen LogP contribution in [0.25, 0.3) is 11.3 Å². The zero-order valence-corrected chi connectivity index (χ0v) is 18.3. The molecule has 0 aliphatic heterocycles. The van der Waals surface area contributed by atoms with E-state index in [0.29, 0.717) is 40.8 Å². The van der Waals surface area contributed by atoms with Gasteiger partial charge in [0.15, 0.2) is 11.5 Å². The third-order valence-electron chi connectivity index (χ3n) is 4.55. The van der Waals surface area contributed by atoms with E-state index in [2.05, 4.69) is 16.0 Å². The lowest BCUT2D eigenvalue weighted by atomic mass is 10.1. The summed E-state index contributed by atoms with van der Waals surface area (Å²) in [6.07, 6.45) is 2.17. The van der Waals surface area contributed by atoms with E-state index in [-0.39, 0.29) is 6.10 Å². The van der Waals surface area contributed by atoms with E-state index in [9.17, 15) is 5.26 Å². The molecule has 0 fully saturated rings. The van der Waals surface area contributed by atoms with Crippen LogP contribution < -0.4 is 18.9 Å². The van der Waals surface area contributed by atoms with Crippen LogP contribution in [0.15, 0.2) is 42.6 Å². The fraction of sp³-hybridized carbons (Fsp3) is 0.292. The normalized spacial score (nSPS) is 10.5. The molecule has 0 amide bonds. The second kappa shape index (κ2) is 9.81. The number of nitrogens with zero attached hydrogens (tertiary/aromatic N) is 3. The van der Waals surface area contributed by atoms with Gasteiger partial charge < -0.3 is 18.9 Å². The summed E-state index contributed by atoms with van der Waals surface area (Å²) >= 11 is 0. The van der Waals surface area contributed by atoms with Gasteiger partial charge in [-0.3, -0.25) is 0 Å². The van der Waals surface area contributed by atoms with Crippen LogP contribution in [0.1, 0.15) is 30.8 Å². The summed E-state index contributed by atoms with van der Waals surface area (Å²) in [6, 6.07) is 13.2. The fourth-order valence-corrected chi connectivity index (χ4v) is 3.20. The fourth-order valence-electron chi connectivity index (χ4n) is 3.20. The molecule has 0 bridgehead atoms. The zero-order chi connectivity index (χ0) is 22.4. The van der Waals surface area contributed by atoms with Crippen molar-refractivity contribution in [3.05, 3.63) is 59.5 Å². The van der Waals surface area contributed by atoms with Crippen LogP contribution in [-0.2, 0) is 6.42 Å². The topological polar surface area (TPSA) is 86.5 Å². The molecular weight excluding hydrogens is 394 g/mol. The van der Waals surface area contributed by atoms with Crippen LogP contribution in [0.3, 0.4) is 0 Å². The van der Waals surface area contributed by atoms with Gasteiger partial charge in [-0.05, 0) is 55.8 Å². The SMILES string of the molecule is COc1cc(Cc2nccc(-c3ccc(OC(C)C)c(C#N)c3)n2)cc(OC)c1OC. The number of hydrogen-bond donors (Lipinski definition) is 0. The summed E-state index contributed by atoms with van der Waals surface area (Å²) in [5.74, 6) is 2.89. The Bertz CT molecular complexity index is 1080. The maximum atomic E-state index is 9.50. The van der Waals surface area contributed by atoms with Gasteiger partial charge in [0.2, 0.25) is 5.75 Å². The Morgan fingerprint density at radius 3 is 2.23 bits per heavy atom. The van der Waals surface area contributed by atoms with Crippen LogP contribution in [0.4, 0.5) is 0 Å². The van der Waals surface area contributed by atoms with Crippen LogP contribution in [0, 0.1) is 11.3 Å². The Morgan fingerprint density at radius 2 is 1.65 bits per heavy atom. The van der Waals surface area contributed by atoms with E-state index in [0.717, 1.165) is 16.8 Å². The summed E-state index contributed by atoms with van der Waals surface area (Å²) in [4.78, 5) is 9.08.